The molecule has 2 amide bonds. The number of benzene rings is 1. The molecule has 11 heteroatoms. The van der Waals surface area contributed by atoms with Crippen LogP contribution in [0.3, 0.4) is 0 Å². The summed E-state index contributed by atoms with van der Waals surface area (Å²) in [6.07, 6.45) is 2.25. The molecule has 1 aromatic carbocycles. The smallest absolute Gasteiger partial charge is 0.274 e. The lowest BCUT2D eigenvalue weighted by Gasteiger charge is -2.35. The summed E-state index contributed by atoms with van der Waals surface area (Å²) in [5.74, 6) is -0.279. The predicted molar refractivity (Wildman–Crippen MR) is 129 cm³/mol. The van der Waals surface area contributed by atoms with Crippen LogP contribution in [0, 0.1) is 12.8 Å². The summed E-state index contributed by atoms with van der Waals surface area (Å²) in [4.78, 5) is 48.9. The van der Waals surface area contributed by atoms with E-state index in [1.165, 1.54) is 17.4 Å². The number of thioether (sulfide) groups is 1. The quantitative estimate of drug-likeness (QED) is 0.522. The first-order valence-electron chi connectivity index (χ1n) is 10.8. The molecule has 3 aromatic rings. The van der Waals surface area contributed by atoms with Crippen LogP contribution in [0.4, 0.5) is 10.8 Å². The van der Waals surface area contributed by atoms with Gasteiger partial charge in [-0.3, -0.25) is 14.4 Å². The van der Waals surface area contributed by atoms with Crippen molar-refractivity contribution in [2.45, 2.75) is 18.2 Å². The van der Waals surface area contributed by atoms with E-state index >= 15 is 0 Å². The number of fused-ring (bicyclic) bond motifs is 1. The fourth-order valence-corrected chi connectivity index (χ4v) is 5.80. The second-order valence-electron chi connectivity index (χ2n) is 8.23. The number of anilines is 2. The molecule has 0 radical (unpaired) electrons. The molecule has 4 heterocycles. The molecule has 2 saturated heterocycles. The number of carbonyl (C=O) groups excluding carboxylic acids is 2. The highest BCUT2D eigenvalue weighted by molar-refractivity contribution is 7.98. The summed E-state index contributed by atoms with van der Waals surface area (Å²) in [6, 6.07) is 9.34. The van der Waals surface area contributed by atoms with Crippen molar-refractivity contribution in [3.63, 3.8) is 0 Å². The lowest BCUT2D eigenvalue weighted by atomic mass is 10.1. The summed E-state index contributed by atoms with van der Waals surface area (Å²) in [5.41, 5.74) is 1.34. The molecule has 9 nitrogen and oxygen atoms in total. The van der Waals surface area contributed by atoms with E-state index in [1.54, 1.807) is 21.2 Å². The fourth-order valence-electron chi connectivity index (χ4n) is 4.34. The second-order valence-corrected chi connectivity index (χ2v) is 10.0. The van der Waals surface area contributed by atoms with Gasteiger partial charge in [-0.25, -0.2) is 4.52 Å². The molecule has 172 valence electrons. The van der Waals surface area contributed by atoms with E-state index in [4.69, 9.17) is 0 Å². The maximum atomic E-state index is 13.2. The van der Waals surface area contributed by atoms with Crippen molar-refractivity contribution in [2.24, 2.45) is 5.92 Å². The molecule has 1 atom stereocenters. The highest BCUT2D eigenvalue weighted by Crippen LogP contribution is 2.30. The predicted octanol–water partition coefficient (Wildman–Crippen LogP) is 1.88. The van der Waals surface area contributed by atoms with Gasteiger partial charge < -0.3 is 14.7 Å². The first kappa shape index (κ1) is 21.9. The highest BCUT2D eigenvalue weighted by Gasteiger charge is 2.38. The summed E-state index contributed by atoms with van der Waals surface area (Å²) in [5, 5.41) is 5.39. The van der Waals surface area contributed by atoms with E-state index in [2.05, 4.69) is 15.0 Å². The Morgan fingerprint density at radius 1 is 1.15 bits per heavy atom. The van der Waals surface area contributed by atoms with Crippen molar-refractivity contribution in [1.29, 1.82) is 0 Å². The lowest BCUT2D eigenvalue weighted by molar-refractivity contribution is -0.136. The van der Waals surface area contributed by atoms with Crippen molar-refractivity contribution in [1.82, 2.24) is 19.5 Å². The van der Waals surface area contributed by atoms with E-state index in [9.17, 15) is 14.4 Å². The molecule has 0 spiro atoms. The zero-order valence-electron chi connectivity index (χ0n) is 18.4. The monoisotopic (exact) mass is 484 g/mol. The van der Waals surface area contributed by atoms with E-state index in [1.807, 2.05) is 42.3 Å². The average Bonchev–Trinajstić information content (AvgIpc) is 3.42. The summed E-state index contributed by atoms with van der Waals surface area (Å²) < 4.78 is 1.68. The molecular weight excluding hydrogens is 460 g/mol. The second kappa shape index (κ2) is 8.79. The van der Waals surface area contributed by atoms with Gasteiger partial charge in [0.1, 0.15) is 0 Å². The number of amides is 2. The Balaban J connectivity index is 1.23. The van der Waals surface area contributed by atoms with Crippen molar-refractivity contribution in [3.8, 4) is 0 Å². The summed E-state index contributed by atoms with van der Waals surface area (Å²) >= 11 is 3.01. The van der Waals surface area contributed by atoms with Gasteiger partial charge in [0.25, 0.3) is 5.56 Å². The van der Waals surface area contributed by atoms with Gasteiger partial charge in [-0.05, 0) is 31.4 Å². The van der Waals surface area contributed by atoms with Gasteiger partial charge in [-0.1, -0.05) is 17.4 Å². The molecule has 2 aliphatic rings. The molecular formula is C22H24N6O3S2. The van der Waals surface area contributed by atoms with E-state index < -0.39 is 0 Å². The number of aryl methyl sites for hydroxylation is 1. The van der Waals surface area contributed by atoms with Crippen LogP contribution in [-0.2, 0) is 9.59 Å². The first-order valence-corrected chi connectivity index (χ1v) is 12.8. The Labute approximate surface area is 199 Å². The number of nitrogens with zero attached hydrogens (tertiary/aromatic N) is 6. The number of hydrogen-bond acceptors (Lipinski definition) is 8. The molecule has 2 fully saturated rings. The van der Waals surface area contributed by atoms with E-state index in [0.29, 0.717) is 37.7 Å². The Morgan fingerprint density at radius 2 is 1.94 bits per heavy atom. The van der Waals surface area contributed by atoms with Crippen LogP contribution in [0.1, 0.15) is 12.1 Å². The average molecular weight is 485 g/mol. The molecule has 0 aliphatic carbocycles. The summed E-state index contributed by atoms with van der Waals surface area (Å²) in [7, 11) is 0. The van der Waals surface area contributed by atoms with Gasteiger partial charge >= 0.3 is 0 Å². The molecule has 2 aromatic heterocycles. The topological polar surface area (TPSA) is 91.1 Å². The molecule has 33 heavy (non-hydrogen) atoms. The summed E-state index contributed by atoms with van der Waals surface area (Å²) in [6.45, 7) is 4.70. The minimum atomic E-state index is -0.317. The fraction of sp³-hybridized carbons (Fsp3) is 0.409. The lowest BCUT2D eigenvalue weighted by Crippen LogP contribution is -2.50. The maximum absolute atomic E-state index is 13.2. The van der Waals surface area contributed by atoms with Crippen LogP contribution >= 0.6 is 23.1 Å². The number of piperazine rings is 1. The van der Waals surface area contributed by atoms with Gasteiger partial charge in [0.05, 0.1) is 5.92 Å². The van der Waals surface area contributed by atoms with Gasteiger partial charge in [0, 0.05) is 61.5 Å². The van der Waals surface area contributed by atoms with Crippen molar-refractivity contribution in [2.75, 3.05) is 48.8 Å². The van der Waals surface area contributed by atoms with Crippen LogP contribution in [0.25, 0.3) is 4.96 Å². The number of rotatable bonds is 4. The van der Waals surface area contributed by atoms with E-state index in [-0.39, 0.29) is 29.7 Å². The van der Waals surface area contributed by atoms with Gasteiger partial charge in [-0.2, -0.15) is 4.98 Å². The SMILES string of the molecule is CSc1cccc(N2C[C@H](C(=O)N3CCN(c4nn5c(C)cc(=O)nc5s4)CC3)CC2=O)c1. The number of aromatic nitrogens is 3. The largest absolute Gasteiger partial charge is 0.343 e. The Morgan fingerprint density at radius 3 is 2.70 bits per heavy atom. The van der Waals surface area contributed by atoms with E-state index in [0.717, 1.165) is 21.4 Å². The van der Waals surface area contributed by atoms with Crippen LogP contribution in [-0.4, -0.2) is 70.3 Å². The van der Waals surface area contributed by atoms with Crippen LogP contribution < -0.4 is 15.4 Å². The maximum Gasteiger partial charge on any atom is 0.274 e. The highest BCUT2D eigenvalue weighted by atomic mass is 32.2. The Hall–Kier alpha value is -2.92. The van der Waals surface area contributed by atoms with Crippen LogP contribution in [0.2, 0.25) is 0 Å². The van der Waals surface area contributed by atoms with Crippen molar-refractivity contribution >= 4 is 50.7 Å². The third-order valence-electron chi connectivity index (χ3n) is 6.12. The molecule has 2 aliphatic heterocycles. The zero-order valence-corrected chi connectivity index (χ0v) is 20.1. The van der Waals surface area contributed by atoms with Crippen molar-refractivity contribution < 1.29 is 9.59 Å². The van der Waals surface area contributed by atoms with Crippen molar-refractivity contribution in [3.05, 3.63) is 46.4 Å². The van der Waals surface area contributed by atoms with Gasteiger partial charge in [0.15, 0.2) is 0 Å². The standard InChI is InChI=1S/C22H24N6O3S2/c1-14-10-18(29)23-21-28(14)24-22(33-21)26-8-6-25(7-9-26)20(31)15-11-19(30)27(13-15)16-4-3-5-17(12-16)32-2/h3-5,10,12,15H,6-9,11,13H2,1-2H3/t15-/m1/s1. The molecule has 0 bridgehead atoms. The third-order valence-corrected chi connectivity index (χ3v) is 7.82. The molecule has 5 rings (SSSR count). The van der Waals surface area contributed by atoms with Crippen LogP contribution in [0.15, 0.2) is 40.0 Å². The Kier molecular flexibility index (Phi) is 5.83. The minimum Gasteiger partial charge on any atom is -0.343 e. The van der Waals surface area contributed by atoms with Crippen LogP contribution in [0.5, 0.6) is 0 Å². The molecule has 0 N–H and O–H groups in total. The first-order chi connectivity index (χ1) is 15.9. The number of hydrogen-bond donors (Lipinski definition) is 0. The zero-order chi connectivity index (χ0) is 23.1. The third kappa shape index (κ3) is 4.22. The molecule has 0 saturated carbocycles. The minimum absolute atomic E-state index is 0.00245. The van der Waals surface area contributed by atoms with Gasteiger partial charge in [-0.15, -0.1) is 16.9 Å². The van der Waals surface area contributed by atoms with Gasteiger partial charge in [0.2, 0.25) is 21.9 Å². The Bertz CT molecular complexity index is 1280. The normalized spacial score (nSPS) is 19.0. The molecule has 0 unspecified atom stereocenters. The number of carbonyl (C=O) groups is 2.